The van der Waals surface area contributed by atoms with Gasteiger partial charge in [-0.3, -0.25) is 4.98 Å². The van der Waals surface area contributed by atoms with Gasteiger partial charge < -0.3 is 19.5 Å². The number of benzene rings is 3. The van der Waals surface area contributed by atoms with Gasteiger partial charge in [0.05, 0.1) is 19.2 Å². The lowest BCUT2D eigenvalue weighted by Gasteiger charge is -2.19. The van der Waals surface area contributed by atoms with Crippen molar-refractivity contribution in [3.63, 3.8) is 0 Å². The van der Waals surface area contributed by atoms with Gasteiger partial charge in [0.1, 0.15) is 11.5 Å². The maximum absolute atomic E-state index is 6.23. The molecule has 1 heterocycles. The first-order valence-electron chi connectivity index (χ1n) is 12.1. The second-order valence-electron chi connectivity index (χ2n) is 9.83. The maximum Gasteiger partial charge on any atom is 0.163 e. The molecule has 0 aliphatic heterocycles. The van der Waals surface area contributed by atoms with E-state index in [2.05, 4.69) is 78.2 Å². The zero-order valence-electron chi connectivity index (χ0n) is 21.5. The molecule has 188 valence electrons. The molecule has 1 atom stereocenters. The van der Waals surface area contributed by atoms with Crippen LogP contribution in [0.15, 0.2) is 72.9 Å². The normalized spacial score (nSPS) is 12.3. The minimum atomic E-state index is 0.138. The van der Waals surface area contributed by atoms with Crippen molar-refractivity contribution >= 4 is 38.2 Å². The zero-order chi connectivity index (χ0) is 25.7. The summed E-state index contributed by atoms with van der Waals surface area (Å²) in [5.74, 6) is 2.77. The van der Waals surface area contributed by atoms with Gasteiger partial charge in [-0.25, -0.2) is 0 Å². The fraction of sp³-hybridized carbons (Fsp3) is 0.300. The summed E-state index contributed by atoms with van der Waals surface area (Å²) in [6.07, 6.45) is 2.64. The second-order valence-corrected chi connectivity index (χ2v) is 11.4. The quantitative estimate of drug-likeness (QED) is 0.212. The lowest BCUT2D eigenvalue weighted by atomic mass is 9.87. The van der Waals surface area contributed by atoms with Crippen LogP contribution in [-0.4, -0.2) is 23.5 Å². The fourth-order valence-corrected chi connectivity index (χ4v) is 3.96. The summed E-state index contributed by atoms with van der Waals surface area (Å²) >= 11 is 3.55. The summed E-state index contributed by atoms with van der Waals surface area (Å²) in [4.78, 5) is 4.90. The Kier molecular flexibility index (Phi) is 8.04. The highest BCUT2D eigenvalue weighted by molar-refractivity contribution is 9.09. The van der Waals surface area contributed by atoms with Crippen LogP contribution in [0.4, 0.5) is 11.4 Å². The van der Waals surface area contributed by atoms with Gasteiger partial charge >= 0.3 is 0 Å². The molecule has 6 heteroatoms. The van der Waals surface area contributed by atoms with Gasteiger partial charge in [0.25, 0.3) is 0 Å². The van der Waals surface area contributed by atoms with Crippen molar-refractivity contribution in [2.24, 2.45) is 0 Å². The van der Waals surface area contributed by atoms with Crippen LogP contribution in [0.2, 0.25) is 0 Å². The van der Waals surface area contributed by atoms with Crippen LogP contribution in [0.5, 0.6) is 23.0 Å². The summed E-state index contributed by atoms with van der Waals surface area (Å²) < 4.78 is 17.8. The number of alkyl halides is 1. The molecule has 1 unspecified atom stereocenters. The lowest BCUT2D eigenvalue weighted by molar-refractivity contribution is 0.290. The van der Waals surface area contributed by atoms with Gasteiger partial charge in [0.15, 0.2) is 11.5 Å². The molecule has 4 aromatic rings. The van der Waals surface area contributed by atoms with Crippen molar-refractivity contribution in [2.45, 2.75) is 44.4 Å². The predicted molar refractivity (Wildman–Crippen MR) is 152 cm³/mol. The molecule has 0 saturated heterocycles. The van der Waals surface area contributed by atoms with Crippen LogP contribution in [0.1, 0.15) is 39.7 Å². The molecule has 4 rings (SSSR count). The van der Waals surface area contributed by atoms with E-state index in [1.165, 1.54) is 5.56 Å². The third kappa shape index (κ3) is 6.49. The average Bonchev–Trinajstić information content (AvgIpc) is 2.84. The second kappa shape index (κ2) is 11.2. The molecule has 0 bridgehead atoms. The summed E-state index contributed by atoms with van der Waals surface area (Å²) in [6.45, 7) is 9.34. The largest absolute Gasteiger partial charge is 0.493 e. The summed E-state index contributed by atoms with van der Waals surface area (Å²) in [7, 11) is 1.64. The number of methoxy groups -OCH3 is 1. The zero-order valence-corrected chi connectivity index (χ0v) is 23.1. The van der Waals surface area contributed by atoms with Crippen LogP contribution in [0, 0.1) is 0 Å². The van der Waals surface area contributed by atoms with Gasteiger partial charge in [0, 0.05) is 33.9 Å². The van der Waals surface area contributed by atoms with Crippen LogP contribution in [0.25, 0.3) is 10.9 Å². The van der Waals surface area contributed by atoms with Crippen molar-refractivity contribution in [2.75, 3.05) is 19.0 Å². The summed E-state index contributed by atoms with van der Waals surface area (Å²) in [6, 6.07) is 22.2. The van der Waals surface area contributed by atoms with Crippen LogP contribution in [-0.2, 0) is 5.41 Å². The van der Waals surface area contributed by atoms with Crippen molar-refractivity contribution in [3.05, 3.63) is 78.5 Å². The van der Waals surface area contributed by atoms with E-state index < -0.39 is 0 Å². The van der Waals surface area contributed by atoms with Gasteiger partial charge in [-0.1, -0.05) is 55.8 Å². The Balaban J connectivity index is 1.49. The van der Waals surface area contributed by atoms with E-state index >= 15 is 0 Å². The first kappa shape index (κ1) is 25.8. The molecule has 0 amide bonds. The Hall–Kier alpha value is -3.25. The summed E-state index contributed by atoms with van der Waals surface area (Å²) in [5, 5.41) is 4.31. The molecule has 0 saturated carbocycles. The molecule has 1 aromatic heterocycles. The maximum atomic E-state index is 6.23. The Labute approximate surface area is 221 Å². The number of nitrogens with zero attached hydrogens (tertiary/aromatic N) is 1. The minimum Gasteiger partial charge on any atom is -0.493 e. The molecule has 0 aliphatic rings. The number of aromatic nitrogens is 1. The van der Waals surface area contributed by atoms with E-state index in [0.717, 1.165) is 34.4 Å². The molecule has 0 fully saturated rings. The van der Waals surface area contributed by atoms with E-state index in [0.29, 0.717) is 28.7 Å². The lowest BCUT2D eigenvalue weighted by Crippen LogP contribution is -2.10. The predicted octanol–water partition coefficient (Wildman–Crippen LogP) is 8.63. The third-order valence-corrected chi connectivity index (χ3v) is 6.34. The standard InChI is InChI=1S/C30H33BrN2O3/c1-20(31)15-17-35-29-19-26-25(18-28(29)34-5)27(14-16-32-26)36-24-12-10-23(11-13-24)33-22-8-6-21(7-9-22)30(2,3)4/h6-14,16,18-20,33H,15,17H2,1-5H3. The molecule has 5 nitrogen and oxygen atoms in total. The van der Waals surface area contributed by atoms with Crippen LogP contribution >= 0.6 is 15.9 Å². The number of fused-ring (bicyclic) bond motifs is 1. The highest BCUT2D eigenvalue weighted by Crippen LogP contribution is 2.37. The number of anilines is 2. The molecular formula is C30H33BrN2O3. The SMILES string of the molecule is COc1cc2c(Oc3ccc(Nc4ccc(C(C)(C)C)cc4)cc3)ccnc2cc1OCCC(C)Br. The topological polar surface area (TPSA) is 52.6 Å². The molecule has 3 aromatic carbocycles. The average molecular weight is 550 g/mol. The molecule has 0 aliphatic carbocycles. The Morgan fingerprint density at radius 2 is 1.56 bits per heavy atom. The van der Waals surface area contributed by atoms with Crippen LogP contribution in [0.3, 0.4) is 0 Å². The Morgan fingerprint density at radius 3 is 2.17 bits per heavy atom. The van der Waals surface area contributed by atoms with Crippen molar-refractivity contribution in [3.8, 4) is 23.0 Å². The van der Waals surface area contributed by atoms with Gasteiger partial charge in [-0.05, 0) is 65.9 Å². The van der Waals surface area contributed by atoms with Gasteiger partial charge in [-0.2, -0.15) is 0 Å². The van der Waals surface area contributed by atoms with E-state index in [1.807, 2.05) is 42.5 Å². The Bertz CT molecular complexity index is 1300. The smallest absolute Gasteiger partial charge is 0.163 e. The fourth-order valence-electron chi connectivity index (χ4n) is 3.77. The molecule has 36 heavy (non-hydrogen) atoms. The first-order valence-corrected chi connectivity index (χ1v) is 13.0. The molecule has 1 N–H and O–H groups in total. The molecular weight excluding hydrogens is 516 g/mol. The number of nitrogens with one attached hydrogen (secondary N) is 1. The number of halogens is 1. The number of rotatable bonds is 9. The highest BCUT2D eigenvalue weighted by atomic mass is 79.9. The van der Waals surface area contributed by atoms with Gasteiger partial charge in [0.2, 0.25) is 0 Å². The van der Waals surface area contributed by atoms with Crippen LogP contribution < -0.4 is 19.5 Å². The van der Waals surface area contributed by atoms with E-state index in [9.17, 15) is 0 Å². The minimum absolute atomic E-state index is 0.138. The monoisotopic (exact) mass is 548 g/mol. The van der Waals surface area contributed by atoms with Crippen molar-refractivity contribution in [1.82, 2.24) is 4.98 Å². The number of ether oxygens (including phenoxy) is 3. The molecule has 0 radical (unpaired) electrons. The number of hydrogen-bond acceptors (Lipinski definition) is 5. The van der Waals surface area contributed by atoms with Crippen molar-refractivity contribution in [1.29, 1.82) is 0 Å². The molecule has 0 spiro atoms. The van der Waals surface area contributed by atoms with E-state index in [1.54, 1.807) is 13.3 Å². The third-order valence-electron chi connectivity index (χ3n) is 5.88. The highest BCUT2D eigenvalue weighted by Gasteiger charge is 2.14. The summed E-state index contributed by atoms with van der Waals surface area (Å²) in [5.41, 5.74) is 4.27. The van der Waals surface area contributed by atoms with Gasteiger partial charge in [-0.15, -0.1) is 0 Å². The number of hydrogen-bond donors (Lipinski definition) is 1. The number of pyridine rings is 1. The van der Waals surface area contributed by atoms with E-state index in [-0.39, 0.29) is 5.41 Å². The van der Waals surface area contributed by atoms with E-state index in [4.69, 9.17) is 14.2 Å². The van der Waals surface area contributed by atoms with Crippen molar-refractivity contribution < 1.29 is 14.2 Å². The first-order chi connectivity index (χ1) is 17.2. The Morgan fingerprint density at radius 1 is 0.889 bits per heavy atom.